The van der Waals surface area contributed by atoms with E-state index in [0.717, 1.165) is 30.5 Å². The molecule has 4 rings (SSSR count). The van der Waals surface area contributed by atoms with Gasteiger partial charge in [0, 0.05) is 50.9 Å². The van der Waals surface area contributed by atoms with E-state index in [0.29, 0.717) is 26.2 Å². The molecule has 0 aliphatic carbocycles. The molecular weight excluding hydrogens is 405 g/mol. The number of nitrogens with zero attached hydrogens (tertiary/aromatic N) is 5. The Labute approximate surface area is 177 Å². The van der Waals surface area contributed by atoms with Crippen LogP contribution in [0.3, 0.4) is 0 Å². The van der Waals surface area contributed by atoms with Crippen molar-refractivity contribution in [1.29, 1.82) is 0 Å². The number of hydrogen-bond acceptors (Lipinski definition) is 6. The number of hydrogen-bond donors (Lipinski definition) is 0. The number of aryl methyl sites for hydroxylation is 1. The molecule has 9 heteroatoms. The van der Waals surface area contributed by atoms with E-state index in [1.54, 1.807) is 12.1 Å². The van der Waals surface area contributed by atoms with E-state index in [-0.39, 0.29) is 11.3 Å². The second kappa shape index (κ2) is 8.85. The van der Waals surface area contributed by atoms with Gasteiger partial charge in [0.15, 0.2) is 0 Å². The Kier molecular flexibility index (Phi) is 6.19. The van der Waals surface area contributed by atoms with Gasteiger partial charge in [-0.05, 0) is 32.3 Å². The first-order valence-electron chi connectivity index (χ1n) is 10.5. The topological polar surface area (TPSA) is 69.6 Å². The molecule has 0 atom stereocenters. The molecule has 2 aromatic rings. The maximum Gasteiger partial charge on any atom is 0.218 e. The highest BCUT2D eigenvalue weighted by Crippen LogP contribution is 2.24. The Balaban J connectivity index is 1.43. The van der Waals surface area contributed by atoms with Crippen molar-refractivity contribution in [2.45, 2.75) is 31.9 Å². The maximum absolute atomic E-state index is 13.9. The van der Waals surface area contributed by atoms with Crippen LogP contribution in [0.1, 0.15) is 30.7 Å². The van der Waals surface area contributed by atoms with Crippen LogP contribution in [0.15, 0.2) is 30.3 Å². The molecule has 7 nitrogen and oxygen atoms in total. The smallest absolute Gasteiger partial charge is 0.218 e. The fourth-order valence-corrected chi connectivity index (χ4v) is 5.61. The Hall–Kier alpha value is -2.26. The van der Waals surface area contributed by atoms with Crippen molar-refractivity contribution < 1.29 is 12.8 Å². The molecule has 0 saturated carbocycles. The number of piperidine rings is 1. The van der Waals surface area contributed by atoms with Gasteiger partial charge >= 0.3 is 0 Å². The van der Waals surface area contributed by atoms with Crippen molar-refractivity contribution in [3.8, 4) is 0 Å². The first-order chi connectivity index (χ1) is 14.4. The van der Waals surface area contributed by atoms with Crippen LogP contribution in [0.5, 0.6) is 0 Å². The summed E-state index contributed by atoms with van der Waals surface area (Å²) in [7, 11) is -3.57. The lowest BCUT2D eigenvalue weighted by Crippen LogP contribution is -2.49. The highest BCUT2D eigenvalue weighted by Gasteiger charge is 2.29. The van der Waals surface area contributed by atoms with Crippen molar-refractivity contribution in [2.75, 3.05) is 49.1 Å². The molecule has 2 fully saturated rings. The largest absolute Gasteiger partial charge is 0.356 e. The molecule has 1 aromatic carbocycles. The summed E-state index contributed by atoms with van der Waals surface area (Å²) in [5.41, 5.74) is 0.206. The van der Waals surface area contributed by atoms with Crippen molar-refractivity contribution in [3.63, 3.8) is 0 Å². The minimum atomic E-state index is -3.57. The van der Waals surface area contributed by atoms with Crippen molar-refractivity contribution >= 4 is 21.7 Å². The van der Waals surface area contributed by atoms with Crippen LogP contribution < -0.4 is 9.80 Å². The van der Waals surface area contributed by atoms with Gasteiger partial charge in [0.1, 0.15) is 23.3 Å². The molecule has 1 aromatic heterocycles. The average molecular weight is 434 g/mol. The van der Waals surface area contributed by atoms with Gasteiger partial charge in [-0.3, -0.25) is 0 Å². The number of aromatic nitrogens is 2. The van der Waals surface area contributed by atoms with Crippen LogP contribution in [0.25, 0.3) is 0 Å². The second-order valence-electron chi connectivity index (χ2n) is 7.91. The molecule has 0 unspecified atom stereocenters. The highest BCUT2D eigenvalue weighted by atomic mass is 32.2. The predicted molar refractivity (Wildman–Crippen MR) is 116 cm³/mol. The van der Waals surface area contributed by atoms with E-state index in [1.165, 1.54) is 35.7 Å². The highest BCUT2D eigenvalue weighted by molar-refractivity contribution is 7.88. The molecule has 162 valence electrons. The molecule has 2 aliphatic heterocycles. The molecule has 0 bridgehead atoms. The summed E-state index contributed by atoms with van der Waals surface area (Å²) in [5, 5.41) is 0. The lowest BCUT2D eigenvalue weighted by atomic mass is 10.1. The van der Waals surface area contributed by atoms with Crippen LogP contribution in [-0.4, -0.2) is 62.0 Å². The Morgan fingerprint density at radius 1 is 0.900 bits per heavy atom. The first-order valence-corrected chi connectivity index (χ1v) is 12.1. The van der Waals surface area contributed by atoms with Crippen molar-refractivity contribution in [1.82, 2.24) is 14.3 Å². The summed E-state index contributed by atoms with van der Waals surface area (Å²) in [6, 6.07) is 8.05. The number of rotatable bonds is 5. The molecule has 0 amide bonds. The molecule has 30 heavy (non-hydrogen) atoms. The monoisotopic (exact) mass is 433 g/mol. The zero-order valence-corrected chi connectivity index (χ0v) is 18.1. The normalized spacial score (nSPS) is 18.6. The third-order valence-corrected chi connectivity index (χ3v) is 7.57. The second-order valence-corrected chi connectivity index (χ2v) is 9.88. The summed E-state index contributed by atoms with van der Waals surface area (Å²) in [6.07, 6.45) is 3.62. The number of halogens is 1. The van der Waals surface area contributed by atoms with Crippen LogP contribution >= 0.6 is 0 Å². The molecule has 2 saturated heterocycles. The summed E-state index contributed by atoms with van der Waals surface area (Å²) in [6.45, 7) is 5.73. The molecule has 0 N–H and O–H groups in total. The van der Waals surface area contributed by atoms with Gasteiger partial charge in [0.25, 0.3) is 0 Å². The number of sulfonamides is 1. The predicted octanol–water partition coefficient (Wildman–Crippen LogP) is 2.57. The van der Waals surface area contributed by atoms with E-state index in [1.807, 2.05) is 13.0 Å². The number of benzene rings is 1. The molecular formula is C21H28FN5O2S. The zero-order chi connectivity index (χ0) is 21.1. The van der Waals surface area contributed by atoms with Crippen LogP contribution in [0.2, 0.25) is 0 Å². The van der Waals surface area contributed by atoms with E-state index in [4.69, 9.17) is 0 Å². The molecule has 0 radical (unpaired) electrons. The average Bonchev–Trinajstić information content (AvgIpc) is 2.75. The number of piperazine rings is 1. The van der Waals surface area contributed by atoms with E-state index in [2.05, 4.69) is 19.8 Å². The van der Waals surface area contributed by atoms with Crippen LogP contribution in [0.4, 0.5) is 16.0 Å². The summed E-state index contributed by atoms with van der Waals surface area (Å²) in [5.74, 6) is 1.72. The standard InChI is InChI=1S/C21H28FN5O2S/c1-17-23-20(25-9-5-2-6-10-25)15-21(24-17)26-11-13-27(14-12-26)30(28,29)16-18-7-3-4-8-19(18)22/h3-4,7-8,15H,2,5-6,9-14,16H2,1H3. The lowest BCUT2D eigenvalue weighted by molar-refractivity contribution is 0.382. The minimum Gasteiger partial charge on any atom is -0.356 e. The minimum absolute atomic E-state index is 0.206. The molecule has 3 heterocycles. The van der Waals surface area contributed by atoms with Crippen LogP contribution in [0, 0.1) is 12.7 Å². The van der Waals surface area contributed by atoms with Crippen LogP contribution in [-0.2, 0) is 15.8 Å². The van der Waals surface area contributed by atoms with Gasteiger partial charge in [-0.1, -0.05) is 18.2 Å². The SMILES string of the molecule is Cc1nc(N2CCCCC2)cc(N2CCN(S(=O)(=O)Cc3ccccc3F)CC2)n1. The van der Waals surface area contributed by atoms with Gasteiger partial charge in [0.2, 0.25) is 10.0 Å². The number of anilines is 2. The maximum atomic E-state index is 13.9. The molecule has 0 spiro atoms. The zero-order valence-electron chi connectivity index (χ0n) is 17.3. The summed E-state index contributed by atoms with van der Waals surface area (Å²) in [4.78, 5) is 13.6. The third-order valence-electron chi connectivity index (χ3n) is 5.74. The quantitative estimate of drug-likeness (QED) is 0.722. The molecule has 2 aliphatic rings. The third kappa shape index (κ3) is 4.73. The van der Waals surface area contributed by atoms with Crippen molar-refractivity contribution in [2.24, 2.45) is 0 Å². The van der Waals surface area contributed by atoms with Crippen molar-refractivity contribution in [3.05, 3.63) is 47.5 Å². The fraction of sp³-hybridized carbons (Fsp3) is 0.524. The Bertz CT molecular complexity index is 987. The van der Waals surface area contributed by atoms with E-state index in [9.17, 15) is 12.8 Å². The van der Waals surface area contributed by atoms with Gasteiger partial charge in [-0.15, -0.1) is 0 Å². The Morgan fingerprint density at radius 3 is 2.13 bits per heavy atom. The van der Waals surface area contributed by atoms with E-state index >= 15 is 0 Å². The van der Waals surface area contributed by atoms with Gasteiger partial charge in [0.05, 0.1) is 5.75 Å². The van der Waals surface area contributed by atoms with Gasteiger partial charge in [-0.25, -0.2) is 22.8 Å². The van der Waals surface area contributed by atoms with Gasteiger partial charge in [-0.2, -0.15) is 4.31 Å². The van der Waals surface area contributed by atoms with E-state index < -0.39 is 15.8 Å². The lowest BCUT2D eigenvalue weighted by Gasteiger charge is -2.35. The summed E-state index contributed by atoms with van der Waals surface area (Å²) < 4.78 is 40.9. The first kappa shape index (κ1) is 21.0. The van der Waals surface area contributed by atoms with Gasteiger partial charge < -0.3 is 9.80 Å². The fourth-order valence-electron chi connectivity index (χ4n) is 4.08. The summed E-state index contributed by atoms with van der Waals surface area (Å²) >= 11 is 0. The Morgan fingerprint density at radius 2 is 1.50 bits per heavy atom.